The zero-order valence-corrected chi connectivity index (χ0v) is 9.93. The van der Waals surface area contributed by atoms with E-state index in [1.807, 2.05) is 20.8 Å². The average molecular weight is 226 g/mol. The van der Waals surface area contributed by atoms with Crippen LogP contribution in [-0.4, -0.2) is 40.1 Å². The van der Waals surface area contributed by atoms with Crippen molar-refractivity contribution in [1.29, 1.82) is 0 Å². The van der Waals surface area contributed by atoms with Crippen molar-refractivity contribution in [1.82, 2.24) is 4.90 Å². The minimum atomic E-state index is -0.477. The number of piperidine rings is 1. The Morgan fingerprint density at radius 1 is 1.56 bits per heavy atom. The van der Waals surface area contributed by atoms with Crippen LogP contribution in [0.25, 0.3) is 0 Å². The number of hydrogen-bond acceptors (Lipinski definition) is 4. The second-order valence-electron chi connectivity index (χ2n) is 5.55. The number of rotatable bonds is 0. The number of hydrogen-bond donors (Lipinski definition) is 1. The van der Waals surface area contributed by atoms with Gasteiger partial charge in [0.05, 0.1) is 11.8 Å². The smallest absolute Gasteiger partial charge is 0.410 e. The highest BCUT2D eigenvalue weighted by atomic mass is 16.6. The lowest BCUT2D eigenvalue weighted by molar-refractivity contribution is 0.0248. The summed E-state index contributed by atoms with van der Waals surface area (Å²) in [5, 5.41) is 12.1. The van der Waals surface area contributed by atoms with Crippen LogP contribution < -0.4 is 0 Å². The first-order valence-electron chi connectivity index (χ1n) is 5.61. The van der Waals surface area contributed by atoms with Gasteiger partial charge in [0.15, 0.2) is 0 Å². The number of ether oxygens (including phenoxy) is 1. The van der Waals surface area contributed by atoms with Crippen molar-refractivity contribution in [2.75, 3.05) is 6.54 Å². The highest BCUT2D eigenvalue weighted by Gasteiger charge is 2.46. The molecule has 1 amide bonds. The Labute approximate surface area is 95.1 Å². The second-order valence-corrected chi connectivity index (χ2v) is 5.55. The quantitative estimate of drug-likeness (QED) is 0.506. The van der Waals surface area contributed by atoms with Gasteiger partial charge in [0.25, 0.3) is 0 Å². The predicted molar refractivity (Wildman–Crippen MR) is 58.7 cm³/mol. The molecule has 1 saturated carbocycles. The molecule has 0 spiro atoms. The van der Waals surface area contributed by atoms with Crippen molar-refractivity contribution < 1.29 is 14.7 Å². The minimum Gasteiger partial charge on any atom is -0.444 e. The number of amides is 1. The van der Waals surface area contributed by atoms with Crippen LogP contribution in [0.2, 0.25) is 0 Å². The molecule has 0 aromatic rings. The maximum atomic E-state index is 11.9. The normalized spacial score (nSPS) is 31.2. The molecule has 16 heavy (non-hydrogen) atoms. The highest BCUT2D eigenvalue weighted by molar-refractivity contribution is 5.95. The van der Waals surface area contributed by atoms with Crippen LogP contribution in [-0.2, 0) is 4.74 Å². The molecule has 2 bridgehead atoms. The molecule has 2 rings (SSSR count). The van der Waals surface area contributed by atoms with E-state index >= 15 is 0 Å². The summed E-state index contributed by atoms with van der Waals surface area (Å²) in [5.74, 6) is 0.434. The summed E-state index contributed by atoms with van der Waals surface area (Å²) in [4.78, 5) is 13.6. The lowest BCUT2D eigenvalue weighted by atomic mass is 10.1. The lowest BCUT2D eigenvalue weighted by Crippen LogP contribution is -2.45. The Bertz CT molecular complexity index is 333. The van der Waals surface area contributed by atoms with Gasteiger partial charge in [-0.05, 0) is 39.5 Å². The Hall–Kier alpha value is -1.26. The van der Waals surface area contributed by atoms with Gasteiger partial charge < -0.3 is 9.94 Å². The van der Waals surface area contributed by atoms with E-state index in [0.29, 0.717) is 11.6 Å². The standard InChI is InChI=1S/C11H18N2O3/c1-11(2,3)16-10(14)13-6-7-4-8(12-15)9(13)5-7/h7,9,15H,4-6H2,1-3H3/b12-8-. The van der Waals surface area contributed by atoms with E-state index in [1.165, 1.54) is 0 Å². The van der Waals surface area contributed by atoms with E-state index in [-0.39, 0.29) is 12.1 Å². The number of carbonyl (C=O) groups is 1. The molecule has 0 aromatic heterocycles. The Kier molecular flexibility index (Phi) is 2.56. The molecule has 1 saturated heterocycles. The van der Waals surface area contributed by atoms with E-state index in [0.717, 1.165) is 19.4 Å². The maximum absolute atomic E-state index is 11.9. The van der Waals surface area contributed by atoms with Gasteiger partial charge in [-0.25, -0.2) is 4.79 Å². The van der Waals surface area contributed by atoms with Crippen LogP contribution in [0.3, 0.4) is 0 Å². The minimum absolute atomic E-state index is 0.0511. The third kappa shape index (κ3) is 1.99. The van der Waals surface area contributed by atoms with Gasteiger partial charge in [-0.3, -0.25) is 4.90 Å². The number of carbonyl (C=O) groups excluding carboxylic acids is 1. The first kappa shape index (κ1) is 11.2. The van der Waals surface area contributed by atoms with Crippen molar-refractivity contribution in [3.8, 4) is 0 Å². The van der Waals surface area contributed by atoms with Gasteiger partial charge in [0.1, 0.15) is 5.60 Å². The number of oxime groups is 1. The molecular weight excluding hydrogens is 208 g/mol. The van der Waals surface area contributed by atoms with Crippen LogP contribution in [0.4, 0.5) is 4.79 Å². The van der Waals surface area contributed by atoms with Crippen molar-refractivity contribution >= 4 is 11.8 Å². The van der Waals surface area contributed by atoms with Gasteiger partial charge in [0.2, 0.25) is 0 Å². The van der Waals surface area contributed by atoms with E-state index in [1.54, 1.807) is 4.90 Å². The van der Waals surface area contributed by atoms with E-state index in [4.69, 9.17) is 9.94 Å². The molecule has 2 aliphatic rings. The molecule has 2 atom stereocenters. The topological polar surface area (TPSA) is 62.1 Å². The molecule has 5 nitrogen and oxygen atoms in total. The summed E-state index contributed by atoms with van der Waals surface area (Å²) >= 11 is 0. The summed E-state index contributed by atoms with van der Waals surface area (Å²) < 4.78 is 5.32. The fourth-order valence-corrected chi connectivity index (χ4v) is 2.45. The Balaban J connectivity index is 2.04. The van der Waals surface area contributed by atoms with Crippen molar-refractivity contribution in [3.63, 3.8) is 0 Å². The molecule has 2 unspecified atom stereocenters. The first-order valence-corrected chi connectivity index (χ1v) is 5.61. The molecular formula is C11H18N2O3. The van der Waals surface area contributed by atoms with Crippen molar-refractivity contribution in [2.45, 2.75) is 45.3 Å². The molecule has 1 N–H and O–H groups in total. The fourth-order valence-electron chi connectivity index (χ4n) is 2.45. The van der Waals surface area contributed by atoms with Crippen LogP contribution in [0.1, 0.15) is 33.6 Å². The van der Waals surface area contributed by atoms with Crippen molar-refractivity contribution in [3.05, 3.63) is 0 Å². The SMILES string of the molecule is CC(C)(C)OC(=O)N1CC2C/C(=N/O)C1C2. The predicted octanol–water partition coefficient (Wildman–Crippen LogP) is 1.85. The fraction of sp³-hybridized carbons (Fsp3) is 0.818. The molecule has 0 radical (unpaired) electrons. The van der Waals surface area contributed by atoms with Gasteiger partial charge in [-0.2, -0.15) is 0 Å². The zero-order valence-electron chi connectivity index (χ0n) is 9.93. The first-order chi connectivity index (χ1) is 7.40. The molecule has 1 aliphatic carbocycles. The molecule has 5 heteroatoms. The van der Waals surface area contributed by atoms with Crippen LogP contribution in [0, 0.1) is 5.92 Å². The summed E-state index contributed by atoms with van der Waals surface area (Å²) in [7, 11) is 0. The summed E-state index contributed by atoms with van der Waals surface area (Å²) in [6, 6.07) is -0.0511. The van der Waals surface area contributed by atoms with Gasteiger partial charge in [0, 0.05) is 6.54 Å². The maximum Gasteiger partial charge on any atom is 0.410 e. The van der Waals surface area contributed by atoms with E-state index in [2.05, 4.69) is 5.16 Å². The number of likely N-dealkylation sites (tertiary alicyclic amines) is 1. The number of fused-ring (bicyclic) bond motifs is 2. The van der Waals surface area contributed by atoms with Crippen LogP contribution in [0.5, 0.6) is 0 Å². The van der Waals surface area contributed by atoms with Crippen molar-refractivity contribution in [2.24, 2.45) is 11.1 Å². The third-order valence-corrected chi connectivity index (χ3v) is 3.03. The molecule has 90 valence electrons. The van der Waals surface area contributed by atoms with Gasteiger partial charge in [-0.15, -0.1) is 0 Å². The summed E-state index contributed by atoms with van der Waals surface area (Å²) in [6.45, 7) is 6.26. The van der Waals surface area contributed by atoms with E-state index in [9.17, 15) is 4.79 Å². The van der Waals surface area contributed by atoms with Crippen LogP contribution in [0.15, 0.2) is 5.16 Å². The molecule has 1 aliphatic heterocycles. The lowest BCUT2D eigenvalue weighted by Gasteiger charge is -2.30. The van der Waals surface area contributed by atoms with Gasteiger partial charge >= 0.3 is 6.09 Å². The third-order valence-electron chi connectivity index (χ3n) is 3.03. The van der Waals surface area contributed by atoms with E-state index < -0.39 is 5.60 Å². The van der Waals surface area contributed by atoms with Gasteiger partial charge in [-0.1, -0.05) is 5.16 Å². The Morgan fingerprint density at radius 3 is 2.75 bits per heavy atom. The molecule has 0 aromatic carbocycles. The highest BCUT2D eigenvalue weighted by Crippen LogP contribution is 2.36. The largest absolute Gasteiger partial charge is 0.444 e. The molecule has 1 heterocycles. The summed E-state index contributed by atoms with van der Waals surface area (Å²) in [6.07, 6.45) is 1.40. The van der Waals surface area contributed by atoms with Crippen LogP contribution >= 0.6 is 0 Å². The summed E-state index contributed by atoms with van der Waals surface area (Å²) in [5.41, 5.74) is 0.234. The second kappa shape index (κ2) is 3.64. The molecule has 2 fully saturated rings. The monoisotopic (exact) mass is 226 g/mol. The Morgan fingerprint density at radius 2 is 2.25 bits per heavy atom. The number of nitrogens with zero attached hydrogens (tertiary/aromatic N) is 2. The average Bonchev–Trinajstić information content (AvgIpc) is 2.72. The zero-order chi connectivity index (χ0) is 11.9.